The summed E-state index contributed by atoms with van der Waals surface area (Å²) in [6.45, 7) is 1.40. The third kappa shape index (κ3) is 3.25. The Balaban J connectivity index is 2.28. The van der Waals surface area contributed by atoms with Crippen molar-refractivity contribution in [2.45, 2.75) is 6.92 Å². The van der Waals surface area contributed by atoms with Crippen LogP contribution in [0.3, 0.4) is 0 Å². The molecular weight excluding hydrogens is 273 g/mol. The van der Waals surface area contributed by atoms with Crippen molar-refractivity contribution in [1.82, 2.24) is 0 Å². The first kappa shape index (κ1) is 14.7. The molecule has 5 heteroatoms. The van der Waals surface area contributed by atoms with Crippen LogP contribution in [-0.2, 0) is 0 Å². The van der Waals surface area contributed by atoms with Gasteiger partial charge in [0.15, 0.2) is 5.78 Å². The minimum absolute atomic E-state index is 0.117. The summed E-state index contributed by atoms with van der Waals surface area (Å²) in [5.74, 6) is -1.16. The molecule has 2 aromatic rings. The van der Waals surface area contributed by atoms with E-state index in [1.807, 2.05) is 0 Å². The lowest BCUT2D eigenvalue weighted by Gasteiger charge is -2.10. The van der Waals surface area contributed by atoms with Gasteiger partial charge >= 0.3 is 0 Å². The SMILES string of the molecule is COc1ccc(C(=O)Nc2ccccc2C(C)=O)c(F)c1. The van der Waals surface area contributed by atoms with Crippen LogP contribution in [0, 0.1) is 5.82 Å². The number of carbonyl (C=O) groups excluding carboxylic acids is 2. The number of hydrogen-bond acceptors (Lipinski definition) is 3. The molecule has 0 saturated heterocycles. The van der Waals surface area contributed by atoms with Gasteiger partial charge in [-0.25, -0.2) is 4.39 Å². The van der Waals surface area contributed by atoms with Crippen LogP contribution in [-0.4, -0.2) is 18.8 Å². The molecule has 1 N–H and O–H groups in total. The second-order valence-electron chi connectivity index (χ2n) is 4.40. The van der Waals surface area contributed by atoms with E-state index in [0.717, 1.165) is 6.07 Å². The predicted octanol–water partition coefficient (Wildman–Crippen LogP) is 3.29. The molecule has 0 aliphatic heterocycles. The third-order valence-corrected chi connectivity index (χ3v) is 2.98. The zero-order chi connectivity index (χ0) is 15.4. The average Bonchev–Trinajstić information content (AvgIpc) is 2.47. The van der Waals surface area contributed by atoms with Gasteiger partial charge in [0.05, 0.1) is 18.4 Å². The van der Waals surface area contributed by atoms with E-state index in [0.29, 0.717) is 17.0 Å². The van der Waals surface area contributed by atoms with Crippen molar-refractivity contribution >= 4 is 17.4 Å². The molecule has 0 unspecified atom stereocenters. The van der Waals surface area contributed by atoms with Gasteiger partial charge in [0.1, 0.15) is 11.6 Å². The molecule has 0 bridgehead atoms. The summed E-state index contributed by atoms with van der Waals surface area (Å²) < 4.78 is 18.7. The fourth-order valence-corrected chi connectivity index (χ4v) is 1.90. The van der Waals surface area contributed by atoms with Crippen molar-refractivity contribution in [3.63, 3.8) is 0 Å². The molecular formula is C16H14FNO3. The zero-order valence-corrected chi connectivity index (χ0v) is 11.6. The number of anilines is 1. The number of methoxy groups -OCH3 is 1. The maximum Gasteiger partial charge on any atom is 0.258 e. The van der Waals surface area contributed by atoms with Crippen molar-refractivity contribution in [3.8, 4) is 5.75 Å². The molecule has 0 saturated carbocycles. The van der Waals surface area contributed by atoms with Crippen LogP contribution in [0.15, 0.2) is 42.5 Å². The Bertz CT molecular complexity index is 698. The van der Waals surface area contributed by atoms with Crippen LogP contribution < -0.4 is 10.1 Å². The second-order valence-corrected chi connectivity index (χ2v) is 4.40. The smallest absolute Gasteiger partial charge is 0.258 e. The van der Waals surface area contributed by atoms with Crippen molar-refractivity contribution in [2.24, 2.45) is 0 Å². The molecule has 0 fully saturated rings. The molecule has 2 rings (SSSR count). The van der Waals surface area contributed by atoms with Crippen LogP contribution in [0.5, 0.6) is 5.75 Å². The highest BCUT2D eigenvalue weighted by Crippen LogP contribution is 2.20. The van der Waals surface area contributed by atoms with E-state index in [1.165, 1.54) is 26.2 Å². The highest BCUT2D eigenvalue weighted by molar-refractivity contribution is 6.09. The number of carbonyl (C=O) groups is 2. The van der Waals surface area contributed by atoms with Gasteiger partial charge in [-0.3, -0.25) is 9.59 Å². The number of ether oxygens (including phenoxy) is 1. The van der Waals surface area contributed by atoms with E-state index >= 15 is 0 Å². The number of ketones is 1. The summed E-state index contributed by atoms with van der Waals surface area (Å²) >= 11 is 0. The quantitative estimate of drug-likeness (QED) is 0.878. The third-order valence-electron chi connectivity index (χ3n) is 2.98. The number of halogens is 1. The Kier molecular flexibility index (Phi) is 4.33. The van der Waals surface area contributed by atoms with Crippen LogP contribution in [0.2, 0.25) is 0 Å². The molecule has 0 spiro atoms. The number of benzene rings is 2. The normalized spacial score (nSPS) is 10.0. The number of Topliss-reactive ketones (excluding diaryl/α,β-unsaturated/α-hetero) is 1. The van der Waals surface area contributed by atoms with Gasteiger partial charge in [0, 0.05) is 11.6 Å². The van der Waals surface area contributed by atoms with E-state index in [-0.39, 0.29) is 11.3 Å². The van der Waals surface area contributed by atoms with E-state index in [4.69, 9.17) is 4.74 Å². The van der Waals surface area contributed by atoms with Crippen LogP contribution in [0.1, 0.15) is 27.6 Å². The fourth-order valence-electron chi connectivity index (χ4n) is 1.90. The Labute approximate surface area is 121 Å². The molecule has 4 nitrogen and oxygen atoms in total. The van der Waals surface area contributed by atoms with Crippen molar-refractivity contribution < 1.29 is 18.7 Å². The molecule has 2 aromatic carbocycles. The van der Waals surface area contributed by atoms with Gasteiger partial charge in [0.25, 0.3) is 5.91 Å². The summed E-state index contributed by atoms with van der Waals surface area (Å²) in [5.41, 5.74) is 0.610. The lowest BCUT2D eigenvalue weighted by atomic mass is 10.1. The van der Waals surface area contributed by atoms with Crippen LogP contribution in [0.4, 0.5) is 10.1 Å². The first-order valence-electron chi connectivity index (χ1n) is 6.27. The number of amides is 1. The van der Waals surface area contributed by atoms with Gasteiger partial charge in [-0.1, -0.05) is 12.1 Å². The molecule has 0 aliphatic rings. The van der Waals surface area contributed by atoms with Gasteiger partial charge < -0.3 is 10.1 Å². The number of rotatable bonds is 4. The van der Waals surface area contributed by atoms with Crippen molar-refractivity contribution in [1.29, 1.82) is 0 Å². The lowest BCUT2D eigenvalue weighted by Crippen LogP contribution is -2.15. The molecule has 1 amide bonds. The molecule has 0 heterocycles. The lowest BCUT2D eigenvalue weighted by molar-refractivity contribution is 0.101. The maximum absolute atomic E-state index is 13.8. The Morgan fingerprint density at radius 1 is 1.10 bits per heavy atom. The first-order valence-corrected chi connectivity index (χ1v) is 6.27. The first-order chi connectivity index (χ1) is 10.0. The van der Waals surface area contributed by atoms with E-state index < -0.39 is 11.7 Å². The molecule has 0 aromatic heterocycles. The number of hydrogen-bond donors (Lipinski definition) is 1. The minimum atomic E-state index is -0.688. The molecule has 0 aliphatic carbocycles. The highest BCUT2D eigenvalue weighted by atomic mass is 19.1. The summed E-state index contributed by atoms with van der Waals surface area (Å²) in [7, 11) is 1.41. The van der Waals surface area contributed by atoms with Gasteiger partial charge in [-0.15, -0.1) is 0 Å². The topological polar surface area (TPSA) is 55.4 Å². The standard InChI is InChI=1S/C16H14FNO3/c1-10(19)12-5-3-4-6-15(12)18-16(20)13-8-7-11(21-2)9-14(13)17/h3-9H,1-2H3,(H,18,20). The van der Waals surface area contributed by atoms with Crippen LogP contribution >= 0.6 is 0 Å². The Morgan fingerprint density at radius 3 is 2.43 bits per heavy atom. The molecule has 0 radical (unpaired) electrons. The summed E-state index contributed by atoms with van der Waals surface area (Å²) in [5, 5.41) is 2.55. The highest BCUT2D eigenvalue weighted by Gasteiger charge is 2.15. The summed E-state index contributed by atoms with van der Waals surface area (Å²) in [6, 6.07) is 10.5. The van der Waals surface area contributed by atoms with E-state index in [2.05, 4.69) is 5.32 Å². The second kappa shape index (κ2) is 6.17. The number of para-hydroxylation sites is 1. The summed E-state index contributed by atoms with van der Waals surface area (Å²) in [6.07, 6.45) is 0. The zero-order valence-electron chi connectivity index (χ0n) is 11.6. The monoisotopic (exact) mass is 287 g/mol. The average molecular weight is 287 g/mol. The predicted molar refractivity (Wildman–Crippen MR) is 77.4 cm³/mol. The van der Waals surface area contributed by atoms with Crippen molar-refractivity contribution in [3.05, 3.63) is 59.4 Å². The molecule has 21 heavy (non-hydrogen) atoms. The largest absolute Gasteiger partial charge is 0.497 e. The number of nitrogens with one attached hydrogen (secondary N) is 1. The molecule has 0 atom stereocenters. The van der Waals surface area contributed by atoms with E-state index in [1.54, 1.807) is 24.3 Å². The van der Waals surface area contributed by atoms with Gasteiger partial charge in [-0.05, 0) is 31.2 Å². The Hall–Kier alpha value is -2.69. The van der Waals surface area contributed by atoms with Crippen molar-refractivity contribution in [2.75, 3.05) is 12.4 Å². The van der Waals surface area contributed by atoms with Crippen LogP contribution in [0.25, 0.3) is 0 Å². The minimum Gasteiger partial charge on any atom is -0.497 e. The van der Waals surface area contributed by atoms with Gasteiger partial charge in [0.2, 0.25) is 0 Å². The molecule has 108 valence electrons. The maximum atomic E-state index is 13.8. The Morgan fingerprint density at radius 2 is 1.81 bits per heavy atom. The fraction of sp³-hybridized carbons (Fsp3) is 0.125. The van der Waals surface area contributed by atoms with Gasteiger partial charge in [-0.2, -0.15) is 0 Å². The van der Waals surface area contributed by atoms with E-state index in [9.17, 15) is 14.0 Å². The summed E-state index contributed by atoms with van der Waals surface area (Å²) in [4.78, 5) is 23.6.